The summed E-state index contributed by atoms with van der Waals surface area (Å²) in [6.07, 6.45) is 0. The van der Waals surface area contributed by atoms with Crippen molar-refractivity contribution >= 4 is 23.1 Å². The molecule has 26 heavy (non-hydrogen) atoms. The highest BCUT2D eigenvalue weighted by Crippen LogP contribution is 2.19. The summed E-state index contributed by atoms with van der Waals surface area (Å²) >= 11 is 0. The minimum Gasteiger partial charge on any atom is -0.497 e. The van der Waals surface area contributed by atoms with Gasteiger partial charge >= 0.3 is 0 Å². The van der Waals surface area contributed by atoms with Crippen LogP contribution in [0.5, 0.6) is 5.75 Å². The van der Waals surface area contributed by atoms with E-state index in [1.807, 2.05) is 0 Å². The average Bonchev–Trinajstić information content (AvgIpc) is 2.65. The summed E-state index contributed by atoms with van der Waals surface area (Å²) in [4.78, 5) is 12.2. The maximum absolute atomic E-state index is 13.6. The number of methoxy groups -OCH3 is 1. The topological polar surface area (TPSA) is 76.1 Å². The molecule has 0 aliphatic carbocycles. The van der Waals surface area contributed by atoms with E-state index in [1.165, 1.54) is 18.2 Å². The van der Waals surface area contributed by atoms with Gasteiger partial charge in [0.1, 0.15) is 17.4 Å². The molecule has 0 unspecified atom stereocenters. The number of aromatic nitrogens is 2. The van der Waals surface area contributed by atoms with Crippen molar-refractivity contribution in [3.63, 3.8) is 0 Å². The number of hydrogen-bond donors (Lipinski definition) is 2. The minimum atomic E-state index is -0.756. The lowest BCUT2D eigenvalue weighted by atomic mass is 10.2. The molecule has 0 saturated carbocycles. The maximum atomic E-state index is 13.6. The van der Waals surface area contributed by atoms with Gasteiger partial charge in [-0.15, -0.1) is 10.2 Å². The van der Waals surface area contributed by atoms with Gasteiger partial charge < -0.3 is 15.4 Å². The number of nitrogens with one attached hydrogen (secondary N) is 2. The van der Waals surface area contributed by atoms with Crippen LogP contribution in [-0.4, -0.2) is 23.2 Å². The Morgan fingerprint density at radius 2 is 1.77 bits per heavy atom. The smallest absolute Gasteiger partial charge is 0.276 e. The lowest BCUT2D eigenvalue weighted by Crippen LogP contribution is -2.14. The molecule has 2 aromatic carbocycles. The third-order valence-corrected chi connectivity index (χ3v) is 3.44. The summed E-state index contributed by atoms with van der Waals surface area (Å²) in [5.41, 5.74) is 0.718. The van der Waals surface area contributed by atoms with Crippen LogP contribution < -0.4 is 15.4 Å². The molecule has 0 bridgehead atoms. The standard InChI is InChI=1S/C18H14F2N4O2/c1-26-13-5-3-12(4-6-13)21-18(25)16-8-9-17(24-23-16)22-15-7-2-11(19)10-14(15)20/h2-10H,1H3,(H,21,25)(H,22,24). The Morgan fingerprint density at radius 1 is 1.00 bits per heavy atom. The Hall–Kier alpha value is -3.55. The van der Waals surface area contributed by atoms with Crippen molar-refractivity contribution in [2.75, 3.05) is 17.7 Å². The molecule has 0 spiro atoms. The summed E-state index contributed by atoms with van der Waals surface area (Å²) in [5, 5.41) is 13.0. The van der Waals surface area contributed by atoms with E-state index in [2.05, 4.69) is 20.8 Å². The van der Waals surface area contributed by atoms with E-state index in [0.717, 1.165) is 12.1 Å². The van der Waals surface area contributed by atoms with Gasteiger partial charge in [-0.2, -0.15) is 0 Å². The Kier molecular flexibility index (Phi) is 5.02. The number of nitrogens with zero attached hydrogens (tertiary/aromatic N) is 2. The third-order valence-electron chi connectivity index (χ3n) is 3.44. The fourth-order valence-corrected chi connectivity index (χ4v) is 2.12. The lowest BCUT2D eigenvalue weighted by molar-refractivity contribution is 0.102. The van der Waals surface area contributed by atoms with Crippen molar-refractivity contribution in [3.05, 3.63) is 71.9 Å². The van der Waals surface area contributed by atoms with Gasteiger partial charge in [-0.3, -0.25) is 4.79 Å². The number of rotatable bonds is 5. The SMILES string of the molecule is COc1ccc(NC(=O)c2ccc(Nc3ccc(F)cc3F)nn2)cc1. The molecule has 2 N–H and O–H groups in total. The van der Waals surface area contributed by atoms with Gasteiger partial charge in [0.15, 0.2) is 11.5 Å². The molecular weight excluding hydrogens is 342 g/mol. The van der Waals surface area contributed by atoms with Crippen LogP contribution in [0.1, 0.15) is 10.5 Å². The van der Waals surface area contributed by atoms with Crippen molar-refractivity contribution in [1.29, 1.82) is 0 Å². The summed E-state index contributed by atoms with van der Waals surface area (Å²) in [6, 6.07) is 12.8. The van der Waals surface area contributed by atoms with E-state index in [-0.39, 0.29) is 17.2 Å². The highest BCUT2D eigenvalue weighted by Gasteiger charge is 2.10. The highest BCUT2D eigenvalue weighted by atomic mass is 19.1. The molecule has 132 valence electrons. The monoisotopic (exact) mass is 356 g/mol. The largest absolute Gasteiger partial charge is 0.497 e. The fraction of sp³-hybridized carbons (Fsp3) is 0.0556. The number of amides is 1. The summed E-state index contributed by atoms with van der Waals surface area (Å²) in [5.74, 6) is -0.984. The zero-order valence-corrected chi connectivity index (χ0v) is 13.7. The Balaban J connectivity index is 1.67. The second-order valence-electron chi connectivity index (χ2n) is 5.24. The maximum Gasteiger partial charge on any atom is 0.276 e. The second-order valence-corrected chi connectivity index (χ2v) is 5.24. The Bertz CT molecular complexity index is 915. The van der Waals surface area contributed by atoms with Gasteiger partial charge in [0, 0.05) is 11.8 Å². The molecule has 0 aliphatic rings. The highest BCUT2D eigenvalue weighted by molar-refractivity contribution is 6.02. The first-order valence-electron chi connectivity index (χ1n) is 7.56. The van der Waals surface area contributed by atoms with Crippen LogP contribution in [0.15, 0.2) is 54.6 Å². The number of benzene rings is 2. The van der Waals surface area contributed by atoms with Gasteiger partial charge in [-0.1, -0.05) is 0 Å². The summed E-state index contributed by atoms with van der Waals surface area (Å²) < 4.78 is 31.6. The second kappa shape index (κ2) is 7.56. The molecular formula is C18H14F2N4O2. The molecule has 3 rings (SSSR count). The molecule has 1 heterocycles. The van der Waals surface area contributed by atoms with Crippen LogP contribution in [0, 0.1) is 11.6 Å². The van der Waals surface area contributed by atoms with Crippen molar-refractivity contribution in [1.82, 2.24) is 10.2 Å². The van der Waals surface area contributed by atoms with E-state index in [4.69, 9.17) is 4.74 Å². The molecule has 0 atom stereocenters. The molecule has 6 nitrogen and oxygen atoms in total. The lowest BCUT2D eigenvalue weighted by Gasteiger charge is -2.08. The van der Waals surface area contributed by atoms with Crippen LogP contribution in [0.4, 0.5) is 26.0 Å². The van der Waals surface area contributed by atoms with Crippen LogP contribution >= 0.6 is 0 Å². The molecule has 0 aliphatic heterocycles. The third kappa shape index (κ3) is 4.10. The van der Waals surface area contributed by atoms with E-state index >= 15 is 0 Å². The number of carbonyl (C=O) groups excluding carboxylic acids is 1. The first-order chi connectivity index (χ1) is 12.5. The quantitative estimate of drug-likeness (QED) is 0.728. The zero-order valence-electron chi connectivity index (χ0n) is 13.7. The number of ether oxygens (including phenoxy) is 1. The molecule has 3 aromatic rings. The normalized spacial score (nSPS) is 10.3. The van der Waals surface area contributed by atoms with Crippen molar-refractivity contribution in [2.24, 2.45) is 0 Å². The fourth-order valence-electron chi connectivity index (χ4n) is 2.12. The van der Waals surface area contributed by atoms with Crippen LogP contribution in [0.2, 0.25) is 0 Å². The number of carbonyl (C=O) groups is 1. The van der Waals surface area contributed by atoms with Crippen molar-refractivity contribution in [2.45, 2.75) is 0 Å². The van der Waals surface area contributed by atoms with Crippen LogP contribution in [-0.2, 0) is 0 Å². The van der Waals surface area contributed by atoms with Crippen molar-refractivity contribution < 1.29 is 18.3 Å². The van der Waals surface area contributed by atoms with Gasteiger partial charge in [0.2, 0.25) is 0 Å². The van der Waals surface area contributed by atoms with E-state index in [9.17, 15) is 13.6 Å². The number of anilines is 3. The first-order valence-corrected chi connectivity index (χ1v) is 7.56. The average molecular weight is 356 g/mol. The van der Waals surface area contributed by atoms with E-state index < -0.39 is 17.5 Å². The predicted molar refractivity (Wildman–Crippen MR) is 92.6 cm³/mol. The number of hydrogen-bond acceptors (Lipinski definition) is 5. The minimum absolute atomic E-state index is 0.0520. The van der Waals surface area contributed by atoms with E-state index in [0.29, 0.717) is 11.4 Å². The Morgan fingerprint density at radius 3 is 2.38 bits per heavy atom. The van der Waals surface area contributed by atoms with Gasteiger partial charge in [0.05, 0.1) is 12.8 Å². The summed E-state index contributed by atoms with van der Waals surface area (Å²) in [6.45, 7) is 0. The molecule has 1 aromatic heterocycles. The first kappa shape index (κ1) is 17.3. The molecule has 0 fully saturated rings. The predicted octanol–water partition coefficient (Wildman–Crippen LogP) is 3.76. The molecule has 0 radical (unpaired) electrons. The van der Waals surface area contributed by atoms with Gasteiger partial charge in [0.25, 0.3) is 5.91 Å². The zero-order chi connectivity index (χ0) is 18.5. The van der Waals surface area contributed by atoms with Gasteiger partial charge in [-0.25, -0.2) is 8.78 Å². The van der Waals surface area contributed by atoms with Crippen LogP contribution in [0.25, 0.3) is 0 Å². The van der Waals surface area contributed by atoms with Gasteiger partial charge in [-0.05, 0) is 48.5 Å². The molecule has 8 heteroatoms. The molecule has 0 saturated heterocycles. The number of halogens is 2. The molecule has 1 amide bonds. The summed E-state index contributed by atoms with van der Waals surface area (Å²) in [7, 11) is 1.55. The van der Waals surface area contributed by atoms with Crippen LogP contribution in [0.3, 0.4) is 0 Å². The van der Waals surface area contributed by atoms with E-state index in [1.54, 1.807) is 31.4 Å². The van der Waals surface area contributed by atoms with Crippen molar-refractivity contribution in [3.8, 4) is 5.75 Å². The Labute approximate surface area is 147 Å².